The van der Waals surface area contributed by atoms with Crippen LogP contribution in [0, 0.1) is 6.92 Å². The molecule has 1 aliphatic rings. The maximum absolute atomic E-state index is 12.6. The Kier molecular flexibility index (Phi) is 5.15. The lowest BCUT2D eigenvalue weighted by Gasteiger charge is -2.18. The van der Waals surface area contributed by atoms with Gasteiger partial charge in [0.15, 0.2) is 0 Å². The molecule has 1 atom stereocenters. The van der Waals surface area contributed by atoms with Gasteiger partial charge < -0.3 is 18.9 Å². The van der Waals surface area contributed by atoms with E-state index in [1.807, 2.05) is 19.1 Å². The van der Waals surface area contributed by atoms with Gasteiger partial charge in [-0.1, -0.05) is 16.8 Å². The maximum atomic E-state index is 12.6. The second-order valence-electron chi connectivity index (χ2n) is 6.89. The summed E-state index contributed by atoms with van der Waals surface area (Å²) in [4.78, 5) is 18.9. The van der Waals surface area contributed by atoms with Crippen LogP contribution < -0.4 is 14.4 Å². The van der Waals surface area contributed by atoms with E-state index < -0.39 is 0 Å². The van der Waals surface area contributed by atoms with E-state index in [9.17, 15) is 4.79 Å². The Morgan fingerprint density at radius 2 is 1.86 bits per heavy atom. The molecule has 8 heteroatoms. The van der Waals surface area contributed by atoms with Crippen LogP contribution in [0.1, 0.15) is 23.8 Å². The van der Waals surface area contributed by atoms with Crippen LogP contribution in [0.3, 0.4) is 0 Å². The van der Waals surface area contributed by atoms with Gasteiger partial charge in [0, 0.05) is 35.3 Å². The summed E-state index contributed by atoms with van der Waals surface area (Å²) in [7, 11) is 3.16. The Balaban J connectivity index is 1.58. The van der Waals surface area contributed by atoms with Gasteiger partial charge in [0.2, 0.25) is 17.6 Å². The lowest BCUT2D eigenvalue weighted by Crippen LogP contribution is -2.25. The number of amides is 1. The first-order valence-corrected chi connectivity index (χ1v) is 9.50. The van der Waals surface area contributed by atoms with Gasteiger partial charge in [0.1, 0.15) is 11.5 Å². The number of ether oxygens (including phenoxy) is 2. The summed E-state index contributed by atoms with van der Waals surface area (Å²) in [6.45, 7) is 2.41. The highest BCUT2D eigenvalue weighted by atomic mass is 35.5. The molecule has 1 saturated heterocycles. The Morgan fingerprint density at radius 3 is 2.52 bits per heavy atom. The molecular weight excluding hydrogens is 394 g/mol. The molecule has 0 saturated carbocycles. The highest BCUT2D eigenvalue weighted by Crippen LogP contribution is 2.35. The first-order valence-electron chi connectivity index (χ1n) is 9.12. The fourth-order valence-corrected chi connectivity index (χ4v) is 3.71. The number of aryl methyl sites for hydroxylation is 1. The van der Waals surface area contributed by atoms with Gasteiger partial charge in [-0.2, -0.15) is 4.98 Å². The van der Waals surface area contributed by atoms with Gasteiger partial charge in [-0.3, -0.25) is 4.79 Å². The van der Waals surface area contributed by atoms with E-state index in [1.54, 1.807) is 43.4 Å². The summed E-state index contributed by atoms with van der Waals surface area (Å²) >= 11 is 6.03. The zero-order valence-corrected chi connectivity index (χ0v) is 17.1. The first-order chi connectivity index (χ1) is 14.0. The molecule has 29 heavy (non-hydrogen) atoms. The van der Waals surface area contributed by atoms with Crippen molar-refractivity contribution in [3.8, 4) is 22.9 Å². The van der Waals surface area contributed by atoms with Crippen molar-refractivity contribution in [2.24, 2.45) is 0 Å². The minimum atomic E-state index is -0.175. The van der Waals surface area contributed by atoms with Crippen molar-refractivity contribution < 1.29 is 18.8 Å². The van der Waals surface area contributed by atoms with Crippen LogP contribution in [0.15, 0.2) is 40.9 Å². The van der Waals surface area contributed by atoms with Crippen molar-refractivity contribution in [3.05, 3.63) is 52.9 Å². The number of carbonyl (C=O) groups is 1. The zero-order valence-electron chi connectivity index (χ0n) is 16.3. The molecule has 7 nitrogen and oxygen atoms in total. The van der Waals surface area contributed by atoms with Crippen LogP contribution >= 0.6 is 11.6 Å². The minimum Gasteiger partial charge on any atom is -0.497 e. The lowest BCUT2D eigenvalue weighted by molar-refractivity contribution is -0.117. The van der Waals surface area contributed by atoms with Crippen LogP contribution in [0.5, 0.6) is 11.5 Å². The molecule has 1 aliphatic heterocycles. The molecule has 2 aromatic carbocycles. The number of aromatic nitrogens is 2. The zero-order chi connectivity index (χ0) is 20.5. The molecule has 0 radical (unpaired) electrons. The number of hydrogen-bond acceptors (Lipinski definition) is 6. The SMILES string of the molecule is COc1cc(OC)cc(-c2noc(C3CC(=O)N(c4ccc(Cl)cc4C)C3)n2)c1. The minimum absolute atomic E-state index is 0.0169. The standard InChI is InChI=1S/C21H20ClN3O4/c1-12-6-15(22)4-5-18(12)25-11-14(9-19(25)26)21-23-20(24-29-21)13-7-16(27-2)10-17(8-13)28-3/h4-8,10,14H,9,11H2,1-3H3. The molecule has 1 aromatic heterocycles. The van der Waals surface area contributed by atoms with E-state index in [0.717, 1.165) is 11.3 Å². The summed E-state index contributed by atoms with van der Waals surface area (Å²) in [6.07, 6.45) is 0.311. The molecule has 0 N–H and O–H groups in total. The second kappa shape index (κ2) is 7.75. The Hall–Kier alpha value is -3.06. The first kappa shape index (κ1) is 19.3. The van der Waals surface area contributed by atoms with Crippen molar-refractivity contribution in [2.45, 2.75) is 19.3 Å². The molecule has 150 valence electrons. The molecule has 1 fully saturated rings. The third-order valence-electron chi connectivity index (χ3n) is 4.98. The molecular formula is C21H20ClN3O4. The average molecular weight is 414 g/mol. The van der Waals surface area contributed by atoms with Gasteiger partial charge in [-0.15, -0.1) is 0 Å². The van der Waals surface area contributed by atoms with E-state index in [-0.39, 0.29) is 11.8 Å². The highest BCUT2D eigenvalue weighted by molar-refractivity contribution is 6.30. The molecule has 4 rings (SSSR count). The Morgan fingerprint density at radius 1 is 1.14 bits per heavy atom. The van der Waals surface area contributed by atoms with Crippen LogP contribution in [0.4, 0.5) is 5.69 Å². The normalized spacial score (nSPS) is 16.3. The topological polar surface area (TPSA) is 77.7 Å². The second-order valence-corrected chi connectivity index (χ2v) is 7.33. The van der Waals surface area contributed by atoms with Crippen LogP contribution in [-0.4, -0.2) is 36.8 Å². The van der Waals surface area contributed by atoms with Crippen molar-refractivity contribution >= 4 is 23.2 Å². The van der Waals surface area contributed by atoms with Crippen molar-refractivity contribution in [1.82, 2.24) is 10.1 Å². The van der Waals surface area contributed by atoms with Crippen LogP contribution in [-0.2, 0) is 4.79 Å². The summed E-state index contributed by atoms with van der Waals surface area (Å²) < 4.78 is 16.1. The van der Waals surface area contributed by atoms with Gasteiger partial charge in [-0.25, -0.2) is 0 Å². The molecule has 1 amide bonds. The predicted octanol–water partition coefficient (Wildman–Crippen LogP) is 4.24. The smallest absolute Gasteiger partial charge is 0.232 e. The summed E-state index contributed by atoms with van der Waals surface area (Å²) in [6, 6.07) is 10.9. The van der Waals surface area contributed by atoms with E-state index in [1.165, 1.54) is 0 Å². The van der Waals surface area contributed by atoms with Gasteiger partial charge in [0.05, 0.1) is 20.1 Å². The van der Waals surface area contributed by atoms with Crippen LogP contribution in [0.25, 0.3) is 11.4 Å². The largest absolute Gasteiger partial charge is 0.497 e. The number of anilines is 1. The van der Waals surface area contributed by atoms with Gasteiger partial charge in [0.25, 0.3) is 0 Å². The number of hydrogen-bond donors (Lipinski definition) is 0. The molecule has 0 aliphatic carbocycles. The molecule has 1 unspecified atom stereocenters. The number of rotatable bonds is 5. The summed E-state index contributed by atoms with van der Waals surface area (Å²) in [5, 5.41) is 4.73. The summed E-state index contributed by atoms with van der Waals surface area (Å²) in [5.74, 6) is 1.96. The number of carbonyl (C=O) groups excluding carboxylic acids is 1. The number of benzene rings is 2. The number of nitrogens with zero attached hydrogens (tertiary/aromatic N) is 3. The third-order valence-corrected chi connectivity index (χ3v) is 5.21. The van der Waals surface area contributed by atoms with Crippen molar-refractivity contribution in [3.63, 3.8) is 0 Å². The van der Waals surface area contributed by atoms with E-state index in [0.29, 0.717) is 46.8 Å². The molecule has 0 spiro atoms. The quantitative estimate of drug-likeness (QED) is 0.622. The fourth-order valence-electron chi connectivity index (χ4n) is 3.48. The Bertz CT molecular complexity index is 1040. The number of halogens is 1. The fraction of sp³-hybridized carbons (Fsp3) is 0.286. The average Bonchev–Trinajstić information content (AvgIpc) is 3.35. The molecule has 0 bridgehead atoms. The molecule has 2 heterocycles. The van der Waals surface area contributed by atoms with Gasteiger partial charge in [-0.05, 0) is 42.8 Å². The number of methoxy groups -OCH3 is 2. The predicted molar refractivity (Wildman–Crippen MR) is 109 cm³/mol. The monoisotopic (exact) mass is 413 g/mol. The van der Waals surface area contributed by atoms with Crippen molar-refractivity contribution in [1.29, 1.82) is 0 Å². The Labute approximate surface area is 173 Å². The third kappa shape index (κ3) is 3.78. The highest BCUT2D eigenvalue weighted by Gasteiger charge is 2.35. The summed E-state index contributed by atoms with van der Waals surface area (Å²) in [5.41, 5.74) is 2.51. The van der Waals surface area contributed by atoms with E-state index >= 15 is 0 Å². The molecule has 3 aromatic rings. The van der Waals surface area contributed by atoms with E-state index in [4.69, 9.17) is 25.6 Å². The van der Waals surface area contributed by atoms with Gasteiger partial charge >= 0.3 is 0 Å². The lowest BCUT2D eigenvalue weighted by atomic mass is 10.1. The van der Waals surface area contributed by atoms with Crippen LogP contribution in [0.2, 0.25) is 5.02 Å². The van der Waals surface area contributed by atoms with Crippen molar-refractivity contribution in [2.75, 3.05) is 25.7 Å². The van der Waals surface area contributed by atoms with E-state index in [2.05, 4.69) is 10.1 Å². The maximum Gasteiger partial charge on any atom is 0.232 e.